The number of nitrogens with zero attached hydrogens (tertiary/aromatic N) is 3. The van der Waals surface area contributed by atoms with Gasteiger partial charge in [0, 0.05) is 24.6 Å². The van der Waals surface area contributed by atoms with Crippen molar-refractivity contribution in [1.29, 1.82) is 0 Å². The van der Waals surface area contributed by atoms with Crippen LogP contribution in [0.3, 0.4) is 0 Å². The van der Waals surface area contributed by atoms with E-state index in [1.54, 1.807) is 4.40 Å². The third-order valence-electron chi connectivity index (χ3n) is 5.46. The van der Waals surface area contributed by atoms with Crippen LogP contribution in [0.1, 0.15) is 49.1 Å². The first kappa shape index (κ1) is 15.4. The molecule has 0 bridgehead atoms. The lowest BCUT2D eigenvalue weighted by molar-refractivity contribution is -0.137. The first-order chi connectivity index (χ1) is 11.6. The van der Waals surface area contributed by atoms with E-state index in [0.29, 0.717) is 30.7 Å². The van der Waals surface area contributed by atoms with Crippen molar-refractivity contribution < 1.29 is 4.79 Å². The highest BCUT2D eigenvalue weighted by atomic mass is 16.2. The quantitative estimate of drug-likeness (QED) is 0.809. The van der Waals surface area contributed by atoms with Crippen LogP contribution < -0.4 is 5.56 Å². The molecule has 1 amide bonds. The molecular formula is C19H23N3O2. The van der Waals surface area contributed by atoms with E-state index in [0.717, 1.165) is 37.1 Å². The highest BCUT2D eigenvalue weighted by Crippen LogP contribution is 2.27. The number of fused-ring (bicyclic) bond motifs is 2. The zero-order valence-corrected chi connectivity index (χ0v) is 14.1. The molecule has 0 aromatic carbocycles. The first-order valence-electron chi connectivity index (χ1n) is 8.94. The highest BCUT2D eigenvalue weighted by molar-refractivity contribution is 5.79. The topological polar surface area (TPSA) is 54.7 Å². The van der Waals surface area contributed by atoms with E-state index in [-0.39, 0.29) is 17.4 Å². The summed E-state index contributed by atoms with van der Waals surface area (Å²) in [6, 6.07) is 5.70. The SMILES string of the molecule is Cc1cccc2nc3c(c(=O)n12)CN(C(=O)C1CCCCC1)CC3. The summed E-state index contributed by atoms with van der Waals surface area (Å²) in [6.45, 7) is 3.00. The smallest absolute Gasteiger partial charge is 0.263 e. The van der Waals surface area contributed by atoms with Crippen molar-refractivity contribution in [3.8, 4) is 0 Å². The molecular weight excluding hydrogens is 302 g/mol. The fraction of sp³-hybridized carbons (Fsp3) is 0.526. The molecule has 0 saturated heterocycles. The Morgan fingerprint density at radius 3 is 2.79 bits per heavy atom. The molecule has 1 saturated carbocycles. The van der Waals surface area contributed by atoms with Gasteiger partial charge in [0.1, 0.15) is 5.65 Å². The minimum absolute atomic E-state index is 0.0192. The molecule has 1 aliphatic heterocycles. The van der Waals surface area contributed by atoms with Crippen molar-refractivity contribution in [1.82, 2.24) is 14.3 Å². The third kappa shape index (κ3) is 2.52. The maximum Gasteiger partial charge on any atom is 0.263 e. The molecule has 3 heterocycles. The van der Waals surface area contributed by atoms with Crippen molar-refractivity contribution in [2.45, 2.75) is 52.0 Å². The molecule has 1 aliphatic carbocycles. The Hall–Kier alpha value is -2.17. The number of rotatable bonds is 1. The molecule has 126 valence electrons. The first-order valence-corrected chi connectivity index (χ1v) is 8.94. The molecule has 0 spiro atoms. The predicted molar refractivity (Wildman–Crippen MR) is 91.9 cm³/mol. The van der Waals surface area contributed by atoms with Crippen LogP contribution in [0.25, 0.3) is 5.65 Å². The van der Waals surface area contributed by atoms with Crippen molar-refractivity contribution >= 4 is 11.6 Å². The Kier molecular flexibility index (Phi) is 3.87. The van der Waals surface area contributed by atoms with Gasteiger partial charge < -0.3 is 4.90 Å². The normalized spacial score (nSPS) is 18.6. The van der Waals surface area contributed by atoms with Crippen molar-refractivity contribution in [2.75, 3.05) is 6.54 Å². The van der Waals surface area contributed by atoms with Crippen molar-refractivity contribution in [3.63, 3.8) is 0 Å². The van der Waals surface area contributed by atoms with Gasteiger partial charge in [-0.05, 0) is 31.9 Å². The lowest BCUT2D eigenvalue weighted by Crippen LogP contribution is -2.43. The van der Waals surface area contributed by atoms with Gasteiger partial charge in [-0.25, -0.2) is 4.98 Å². The average molecular weight is 325 g/mol. The molecule has 4 rings (SSSR count). The summed E-state index contributed by atoms with van der Waals surface area (Å²) in [7, 11) is 0. The minimum atomic E-state index is -0.0192. The summed E-state index contributed by atoms with van der Waals surface area (Å²) in [5.74, 6) is 0.382. The number of hydrogen-bond acceptors (Lipinski definition) is 3. The number of hydrogen-bond donors (Lipinski definition) is 0. The van der Waals surface area contributed by atoms with Crippen LogP contribution in [0.2, 0.25) is 0 Å². The van der Waals surface area contributed by atoms with E-state index in [1.165, 1.54) is 6.42 Å². The number of amides is 1. The van der Waals surface area contributed by atoms with Gasteiger partial charge >= 0.3 is 0 Å². The number of aryl methyl sites for hydroxylation is 1. The van der Waals surface area contributed by atoms with Crippen LogP contribution >= 0.6 is 0 Å². The predicted octanol–water partition coefficient (Wildman–Crippen LogP) is 2.47. The molecule has 5 heteroatoms. The van der Waals surface area contributed by atoms with Gasteiger partial charge in [0.15, 0.2) is 0 Å². The number of carbonyl (C=O) groups excluding carboxylic acids is 1. The van der Waals surface area contributed by atoms with E-state index >= 15 is 0 Å². The standard InChI is InChI=1S/C19H23N3O2/c1-13-6-5-9-17-20-16-10-11-21(12-15(16)19(24)22(13)17)18(23)14-7-3-2-4-8-14/h5-6,9,14H,2-4,7-8,10-12H2,1H3. The lowest BCUT2D eigenvalue weighted by Gasteiger charge is -2.32. The fourth-order valence-electron chi connectivity index (χ4n) is 4.09. The van der Waals surface area contributed by atoms with E-state index < -0.39 is 0 Å². The lowest BCUT2D eigenvalue weighted by atomic mass is 9.88. The summed E-state index contributed by atoms with van der Waals surface area (Å²) >= 11 is 0. The molecule has 1 fully saturated rings. The van der Waals surface area contributed by atoms with Gasteiger partial charge in [0.2, 0.25) is 5.91 Å². The zero-order chi connectivity index (χ0) is 16.7. The molecule has 5 nitrogen and oxygen atoms in total. The van der Waals surface area contributed by atoms with Crippen LogP contribution in [0.4, 0.5) is 0 Å². The summed E-state index contributed by atoms with van der Waals surface area (Å²) < 4.78 is 1.66. The van der Waals surface area contributed by atoms with Gasteiger partial charge in [0.05, 0.1) is 17.8 Å². The molecule has 0 unspecified atom stereocenters. The Morgan fingerprint density at radius 1 is 1.21 bits per heavy atom. The molecule has 0 atom stereocenters. The summed E-state index contributed by atoms with van der Waals surface area (Å²) in [5, 5.41) is 0. The van der Waals surface area contributed by atoms with Crippen LogP contribution in [-0.2, 0) is 17.8 Å². The van der Waals surface area contributed by atoms with E-state index in [1.807, 2.05) is 30.0 Å². The van der Waals surface area contributed by atoms with Gasteiger partial charge in [-0.1, -0.05) is 25.3 Å². The second-order valence-electron chi connectivity index (χ2n) is 7.05. The van der Waals surface area contributed by atoms with Crippen LogP contribution in [-0.4, -0.2) is 26.7 Å². The molecule has 0 radical (unpaired) electrons. The number of aromatic nitrogens is 2. The van der Waals surface area contributed by atoms with Gasteiger partial charge in [0.25, 0.3) is 5.56 Å². The van der Waals surface area contributed by atoms with Crippen molar-refractivity contribution in [3.05, 3.63) is 45.5 Å². The third-order valence-corrected chi connectivity index (χ3v) is 5.46. The Labute approximate surface area is 141 Å². The van der Waals surface area contributed by atoms with Gasteiger partial charge in [-0.15, -0.1) is 0 Å². The van der Waals surface area contributed by atoms with Crippen molar-refractivity contribution in [2.24, 2.45) is 5.92 Å². The van der Waals surface area contributed by atoms with Gasteiger partial charge in [-0.3, -0.25) is 14.0 Å². The van der Waals surface area contributed by atoms with Crippen LogP contribution in [0.5, 0.6) is 0 Å². The Balaban J connectivity index is 1.68. The molecule has 24 heavy (non-hydrogen) atoms. The Morgan fingerprint density at radius 2 is 2.00 bits per heavy atom. The monoisotopic (exact) mass is 325 g/mol. The fourth-order valence-corrected chi connectivity index (χ4v) is 4.09. The maximum atomic E-state index is 12.9. The molecule has 2 aromatic rings. The molecule has 2 aromatic heterocycles. The van der Waals surface area contributed by atoms with Crippen LogP contribution in [0, 0.1) is 12.8 Å². The maximum absolute atomic E-state index is 12.9. The van der Waals surface area contributed by atoms with Crippen LogP contribution in [0.15, 0.2) is 23.0 Å². The second kappa shape index (κ2) is 6.04. The van der Waals surface area contributed by atoms with E-state index in [2.05, 4.69) is 4.98 Å². The molecule has 0 N–H and O–H groups in total. The van der Waals surface area contributed by atoms with Gasteiger partial charge in [-0.2, -0.15) is 0 Å². The largest absolute Gasteiger partial charge is 0.337 e. The average Bonchev–Trinajstić information content (AvgIpc) is 2.62. The summed E-state index contributed by atoms with van der Waals surface area (Å²) in [6.07, 6.45) is 6.20. The Bertz CT molecular complexity index is 850. The minimum Gasteiger partial charge on any atom is -0.337 e. The number of carbonyl (C=O) groups is 1. The summed E-state index contributed by atoms with van der Waals surface area (Å²) in [4.78, 5) is 32.3. The van der Waals surface area contributed by atoms with E-state index in [9.17, 15) is 9.59 Å². The second-order valence-corrected chi connectivity index (χ2v) is 7.05. The summed E-state index contributed by atoms with van der Waals surface area (Å²) in [5.41, 5.74) is 3.11. The zero-order valence-electron chi connectivity index (χ0n) is 14.1. The highest BCUT2D eigenvalue weighted by Gasteiger charge is 2.30. The van der Waals surface area contributed by atoms with E-state index in [4.69, 9.17) is 0 Å². The molecule has 2 aliphatic rings. The number of pyridine rings is 1.